The van der Waals surface area contributed by atoms with Crippen LogP contribution in [0.2, 0.25) is 0 Å². The Morgan fingerprint density at radius 3 is 2.61 bits per heavy atom. The summed E-state index contributed by atoms with van der Waals surface area (Å²) in [6.07, 6.45) is 1.42. The number of aryl methyl sites for hydroxylation is 2. The first-order valence-corrected chi connectivity index (χ1v) is 6.61. The number of nitrogens with two attached hydrogens (primary N) is 1. The van der Waals surface area contributed by atoms with E-state index in [0.29, 0.717) is 5.82 Å². The van der Waals surface area contributed by atoms with Crippen molar-refractivity contribution >= 4 is 15.9 Å². The SMILES string of the molecule is Cc1nc(S(=O)(=O)N(C)C(C)C(N)=NO)cn1C. The maximum Gasteiger partial charge on any atom is 0.262 e. The molecule has 1 aromatic rings. The Kier molecular flexibility index (Phi) is 3.97. The number of imidazole rings is 1. The molecule has 1 rings (SSSR count). The number of likely N-dealkylation sites (N-methyl/N-ethyl adjacent to an activating group) is 1. The highest BCUT2D eigenvalue weighted by Crippen LogP contribution is 2.15. The van der Waals surface area contributed by atoms with Gasteiger partial charge in [0, 0.05) is 20.3 Å². The summed E-state index contributed by atoms with van der Waals surface area (Å²) in [7, 11) is -0.714. The van der Waals surface area contributed by atoms with Gasteiger partial charge in [0.05, 0.1) is 6.04 Å². The molecule has 0 fully saturated rings. The number of amidine groups is 1. The van der Waals surface area contributed by atoms with E-state index in [1.165, 1.54) is 20.2 Å². The lowest BCUT2D eigenvalue weighted by Crippen LogP contribution is -2.43. The topological polar surface area (TPSA) is 114 Å². The lowest BCUT2D eigenvalue weighted by molar-refractivity contribution is 0.311. The summed E-state index contributed by atoms with van der Waals surface area (Å²) in [5.74, 6) is 0.396. The molecular formula is C9H17N5O3S. The van der Waals surface area contributed by atoms with Gasteiger partial charge >= 0.3 is 0 Å². The Morgan fingerprint density at radius 2 is 2.22 bits per heavy atom. The fourth-order valence-corrected chi connectivity index (χ4v) is 2.63. The smallest absolute Gasteiger partial charge is 0.262 e. The van der Waals surface area contributed by atoms with Crippen molar-refractivity contribution in [2.45, 2.75) is 24.9 Å². The second-order valence-electron chi connectivity index (χ2n) is 3.96. The van der Waals surface area contributed by atoms with Crippen molar-refractivity contribution in [1.82, 2.24) is 13.9 Å². The minimum Gasteiger partial charge on any atom is -0.409 e. The van der Waals surface area contributed by atoms with Crippen molar-refractivity contribution in [2.75, 3.05) is 7.05 Å². The first-order chi connectivity index (χ1) is 8.21. The Hall–Kier alpha value is -1.61. The molecule has 0 saturated heterocycles. The van der Waals surface area contributed by atoms with E-state index in [0.717, 1.165) is 4.31 Å². The van der Waals surface area contributed by atoms with Gasteiger partial charge in [-0.2, -0.15) is 4.31 Å². The lowest BCUT2D eigenvalue weighted by Gasteiger charge is -2.21. The Morgan fingerprint density at radius 1 is 1.67 bits per heavy atom. The molecule has 0 amide bonds. The van der Waals surface area contributed by atoms with E-state index < -0.39 is 16.1 Å². The molecular weight excluding hydrogens is 258 g/mol. The number of rotatable bonds is 4. The maximum atomic E-state index is 12.2. The lowest BCUT2D eigenvalue weighted by atomic mass is 10.3. The summed E-state index contributed by atoms with van der Waals surface area (Å²) in [6, 6.07) is -0.762. The molecule has 1 aromatic heterocycles. The van der Waals surface area contributed by atoms with Crippen LogP contribution in [0, 0.1) is 6.92 Å². The second-order valence-corrected chi connectivity index (χ2v) is 5.90. The van der Waals surface area contributed by atoms with E-state index >= 15 is 0 Å². The van der Waals surface area contributed by atoms with E-state index in [-0.39, 0.29) is 10.9 Å². The first kappa shape index (κ1) is 14.5. The highest BCUT2D eigenvalue weighted by atomic mass is 32.2. The third-order valence-electron chi connectivity index (χ3n) is 2.82. The fraction of sp³-hybridized carbons (Fsp3) is 0.556. The molecule has 1 unspecified atom stereocenters. The van der Waals surface area contributed by atoms with Crippen molar-refractivity contribution in [3.8, 4) is 0 Å². The van der Waals surface area contributed by atoms with Crippen LogP contribution >= 0.6 is 0 Å². The number of hydrogen-bond donors (Lipinski definition) is 2. The van der Waals surface area contributed by atoms with Gasteiger partial charge in [0.1, 0.15) is 5.82 Å². The summed E-state index contributed by atoms with van der Waals surface area (Å²) < 4.78 is 27.0. The third-order valence-corrected chi connectivity index (χ3v) is 4.62. The van der Waals surface area contributed by atoms with E-state index in [9.17, 15) is 8.42 Å². The minimum atomic E-state index is -3.77. The molecule has 0 radical (unpaired) electrons. The molecule has 0 saturated carbocycles. The van der Waals surface area contributed by atoms with Gasteiger partial charge in [-0.1, -0.05) is 5.16 Å². The largest absolute Gasteiger partial charge is 0.409 e. The molecule has 3 N–H and O–H groups in total. The van der Waals surface area contributed by atoms with Crippen LogP contribution in [0.4, 0.5) is 0 Å². The molecule has 1 heterocycles. The van der Waals surface area contributed by atoms with Crippen LogP contribution in [-0.4, -0.2) is 46.4 Å². The van der Waals surface area contributed by atoms with Crippen molar-refractivity contribution in [1.29, 1.82) is 0 Å². The van der Waals surface area contributed by atoms with Crippen LogP contribution in [0.1, 0.15) is 12.7 Å². The van der Waals surface area contributed by atoms with E-state index in [4.69, 9.17) is 10.9 Å². The molecule has 9 heteroatoms. The standard InChI is InChI=1S/C9H17N5O3S/c1-6(9(10)12-15)14(4)18(16,17)8-5-13(3)7(2)11-8/h5-6,15H,1-4H3,(H2,10,12). The van der Waals surface area contributed by atoms with Gasteiger partial charge in [-0.05, 0) is 13.8 Å². The van der Waals surface area contributed by atoms with Gasteiger partial charge in [-0.15, -0.1) is 0 Å². The van der Waals surface area contributed by atoms with Crippen molar-refractivity contribution < 1.29 is 13.6 Å². The normalized spacial score (nSPS) is 15.1. The van der Waals surface area contributed by atoms with Gasteiger partial charge in [0.2, 0.25) is 0 Å². The van der Waals surface area contributed by atoms with Gasteiger partial charge in [-0.3, -0.25) is 0 Å². The van der Waals surface area contributed by atoms with Gasteiger partial charge in [0.25, 0.3) is 10.0 Å². The molecule has 0 aliphatic rings. The number of hydrogen-bond acceptors (Lipinski definition) is 5. The number of oxime groups is 1. The number of sulfonamides is 1. The Balaban J connectivity index is 3.15. The van der Waals surface area contributed by atoms with Crippen LogP contribution in [0.5, 0.6) is 0 Å². The average Bonchev–Trinajstić information content (AvgIpc) is 2.67. The fourth-order valence-electron chi connectivity index (χ4n) is 1.28. The summed E-state index contributed by atoms with van der Waals surface area (Å²) in [4.78, 5) is 3.96. The molecule has 1 atom stereocenters. The van der Waals surface area contributed by atoms with Crippen LogP contribution in [0.15, 0.2) is 16.4 Å². The molecule has 0 aliphatic carbocycles. The zero-order chi connectivity index (χ0) is 14.1. The summed E-state index contributed by atoms with van der Waals surface area (Å²) in [6.45, 7) is 3.22. The molecule has 18 heavy (non-hydrogen) atoms. The van der Waals surface area contributed by atoms with Crippen LogP contribution in [-0.2, 0) is 17.1 Å². The molecule has 8 nitrogen and oxygen atoms in total. The zero-order valence-electron chi connectivity index (χ0n) is 10.7. The highest BCUT2D eigenvalue weighted by Gasteiger charge is 2.29. The molecule has 0 aromatic carbocycles. The van der Waals surface area contributed by atoms with E-state index in [2.05, 4.69) is 10.1 Å². The highest BCUT2D eigenvalue weighted by molar-refractivity contribution is 7.89. The third kappa shape index (κ3) is 2.46. The molecule has 0 bridgehead atoms. The maximum absolute atomic E-state index is 12.2. The van der Waals surface area contributed by atoms with Crippen LogP contribution in [0.3, 0.4) is 0 Å². The van der Waals surface area contributed by atoms with Crippen molar-refractivity contribution in [3.63, 3.8) is 0 Å². The van der Waals surface area contributed by atoms with Gasteiger partial charge in [0.15, 0.2) is 10.9 Å². The minimum absolute atomic E-state index is 0.0670. The Bertz CT molecular complexity index is 543. The first-order valence-electron chi connectivity index (χ1n) is 5.17. The van der Waals surface area contributed by atoms with E-state index in [1.54, 1.807) is 18.5 Å². The van der Waals surface area contributed by atoms with Crippen LogP contribution in [0.25, 0.3) is 0 Å². The quantitative estimate of drug-likeness (QED) is 0.332. The number of nitrogens with zero attached hydrogens (tertiary/aromatic N) is 4. The molecule has 0 aliphatic heterocycles. The summed E-state index contributed by atoms with van der Waals surface area (Å²) in [5, 5.41) is 11.3. The zero-order valence-corrected chi connectivity index (χ0v) is 11.5. The van der Waals surface area contributed by atoms with Gasteiger partial charge < -0.3 is 15.5 Å². The molecule has 0 spiro atoms. The van der Waals surface area contributed by atoms with Crippen molar-refractivity contribution in [2.24, 2.45) is 17.9 Å². The Labute approximate surface area is 106 Å². The molecule has 102 valence electrons. The predicted octanol–water partition coefficient (Wildman–Crippen LogP) is -0.516. The summed E-state index contributed by atoms with van der Waals surface area (Å²) in [5.41, 5.74) is 5.40. The number of aromatic nitrogens is 2. The monoisotopic (exact) mass is 275 g/mol. The predicted molar refractivity (Wildman–Crippen MR) is 65.8 cm³/mol. The van der Waals surface area contributed by atoms with Crippen molar-refractivity contribution in [3.05, 3.63) is 12.0 Å². The second kappa shape index (κ2) is 4.94. The van der Waals surface area contributed by atoms with Crippen LogP contribution < -0.4 is 5.73 Å². The van der Waals surface area contributed by atoms with E-state index in [1.807, 2.05) is 0 Å². The average molecular weight is 275 g/mol. The summed E-state index contributed by atoms with van der Waals surface area (Å²) >= 11 is 0. The van der Waals surface area contributed by atoms with Gasteiger partial charge in [-0.25, -0.2) is 13.4 Å².